The molecule has 0 unspecified atom stereocenters. The maximum atomic E-state index is 11.8. The lowest BCUT2D eigenvalue weighted by atomic mass is 10.3. The Bertz CT molecular complexity index is 766. The molecule has 3 aromatic rings. The third kappa shape index (κ3) is 4.37. The lowest BCUT2D eigenvalue weighted by Crippen LogP contribution is -2.28. The number of carbonyl (C=O) groups excluding carboxylic acids is 1. The minimum absolute atomic E-state index is 0.0554. The molecule has 2 heterocycles. The number of nitrogens with one attached hydrogen (secondary N) is 1. The second-order valence-corrected chi connectivity index (χ2v) is 6.15. The van der Waals surface area contributed by atoms with Gasteiger partial charge in [0.05, 0.1) is 11.4 Å². The lowest BCUT2D eigenvalue weighted by molar-refractivity contribution is -0.123. The minimum atomic E-state index is -0.214. The number of benzene rings is 1. The molecule has 1 amide bonds. The van der Waals surface area contributed by atoms with E-state index < -0.39 is 0 Å². The molecule has 4 nitrogen and oxygen atoms in total. The van der Waals surface area contributed by atoms with Crippen molar-refractivity contribution in [3.8, 4) is 16.4 Å². The molecule has 0 saturated heterocycles. The normalized spacial score (nSPS) is 10.5. The summed E-state index contributed by atoms with van der Waals surface area (Å²) in [6, 6.07) is 14.6. The molecule has 0 bridgehead atoms. The molecule has 6 heteroatoms. The first kappa shape index (κ1) is 15.6. The van der Waals surface area contributed by atoms with Crippen molar-refractivity contribution in [1.82, 2.24) is 5.32 Å². The third-order valence-electron chi connectivity index (χ3n) is 3.07. The van der Waals surface area contributed by atoms with Crippen LogP contribution in [0.1, 0.15) is 5.76 Å². The molecule has 23 heavy (non-hydrogen) atoms. The predicted octanol–water partition coefficient (Wildman–Crippen LogP) is 4.36. The first-order valence-electron chi connectivity index (χ1n) is 6.98. The average molecular weight is 348 g/mol. The van der Waals surface area contributed by atoms with E-state index in [1.807, 2.05) is 29.6 Å². The van der Waals surface area contributed by atoms with Crippen LogP contribution in [0.2, 0.25) is 5.02 Å². The van der Waals surface area contributed by atoms with Gasteiger partial charge in [-0.25, -0.2) is 0 Å². The van der Waals surface area contributed by atoms with Crippen molar-refractivity contribution in [3.05, 3.63) is 64.7 Å². The number of hydrogen-bond donors (Lipinski definition) is 1. The third-order valence-corrected chi connectivity index (χ3v) is 4.21. The Morgan fingerprint density at radius 2 is 2.00 bits per heavy atom. The summed E-state index contributed by atoms with van der Waals surface area (Å²) >= 11 is 7.40. The van der Waals surface area contributed by atoms with Gasteiger partial charge in [0.2, 0.25) is 0 Å². The van der Waals surface area contributed by atoms with Gasteiger partial charge in [-0.2, -0.15) is 0 Å². The zero-order valence-corrected chi connectivity index (χ0v) is 13.7. The Morgan fingerprint density at radius 3 is 2.74 bits per heavy atom. The van der Waals surface area contributed by atoms with E-state index in [-0.39, 0.29) is 12.5 Å². The Labute approximate surface area is 142 Å². The van der Waals surface area contributed by atoms with E-state index in [1.165, 1.54) is 0 Å². The van der Waals surface area contributed by atoms with E-state index in [0.29, 0.717) is 23.1 Å². The largest absolute Gasteiger partial charge is 0.484 e. The summed E-state index contributed by atoms with van der Waals surface area (Å²) in [6.45, 7) is 0.272. The number of furan rings is 1. The highest BCUT2D eigenvalue weighted by atomic mass is 35.5. The van der Waals surface area contributed by atoms with E-state index in [4.69, 9.17) is 20.8 Å². The highest BCUT2D eigenvalue weighted by Crippen LogP contribution is 2.26. The number of ether oxygens (including phenoxy) is 1. The number of amides is 1. The first-order chi connectivity index (χ1) is 11.2. The van der Waals surface area contributed by atoms with Crippen LogP contribution in [0.4, 0.5) is 0 Å². The molecule has 1 aromatic carbocycles. The van der Waals surface area contributed by atoms with Gasteiger partial charge in [-0.05, 0) is 47.8 Å². The van der Waals surface area contributed by atoms with Gasteiger partial charge in [-0.3, -0.25) is 4.79 Å². The molecule has 0 fully saturated rings. The Hall–Kier alpha value is -2.24. The van der Waals surface area contributed by atoms with Crippen LogP contribution in [-0.4, -0.2) is 12.5 Å². The molecule has 0 aliphatic carbocycles. The molecule has 0 saturated carbocycles. The fourth-order valence-electron chi connectivity index (χ4n) is 1.94. The van der Waals surface area contributed by atoms with E-state index in [1.54, 1.807) is 35.6 Å². The average Bonchev–Trinajstić information content (AvgIpc) is 3.23. The molecular formula is C17H14ClNO3S. The van der Waals surface area contributed by atoms with Gasteiger partial charge in [0.1, 0.15) is 17.3 Å². The number of carbonyl (C=O) groups is 1. The Balaban J connectivity index is 1.46. The quantitative estimate of drug-likeness (QED) is 0.721. The SMILES string of the molecule is O=C(COc1ccc(Cl)cc1)NCc1ccc(-c2cccs2)o1. The summed E-state index contributed by atoms with van der Waals surface area (Å²) in [6.07, 6.45) is 0. The Morgan fingerprint density at radius 1 is 1.17 bits per heavy atom. The summed E-state index contributed by atoms with van der Waals surface area (Å²) in [5.41, 5.74) is 0. The molecule has 0 spiro atoms. The summed E-state index contributed by atoms with van der Waals surface area (Å²) in [7, 11) is 0. The van der Waals surface area contributed by atoms with Gasteiger partial charge >= 0.3 is 0 Å². The second kappa shape index (κ2) is 7.35. The van der Waals surface area contributed by atoms with Crippen LogP contribution >= 0.6 is 22.9 Å². The molecule has 0 aliphatic heterocycles. The van der Waals surface area contributed by atoms with Gasteiger partial charge < -0.3 is 14.5 Å². The monoisotopic (exact) mass is 347 g/mol. The smallest absolute Gasteiger partial charge is 0.258 e. The molecule has 2 aromatic heterocycles. The van der Waals surface area contributed by atoms with Gasteiger partial charge in [0, 0.05) is 5.02 Å². The van der Waals surface area contributed by atoms with Crippen LogP contribution in [0, 0.1) is 0 Å². The second-order valence-electron chi connectivity index (χ2n) is 4.76. The van der Waals surface area contributed by atoms with Crippen LogP contribution in [-0.2, 0) is 11.3 Å². The van der Waals surface area contributed by atoms with Crippen LogP contribution in [0.3, 0.4) is 0 Å². The fourth-order valence-corrected chi connectivity index (χ4v) is 2.75. The lowest BCUT2D eigenvalue weighted by Gasteiger charge is -2.06. The van der Waals surface area contributed by atoms with Crippen LogP contribution in [0.25, 0.3) is 10.6 Å². The molecule has 3 rings (SSSR count). The zero-order chi connectivity index (χ0) is 16.1. The first-order valence-corrected chi connectivity index (χ1v) is 8.24. The highest BCUT2D eigenvalue weighted by molar-refractivity contribution is 7.13. The molecule has 118 valence electrons. The highest BCUT2D eigenvalue weighted by Gasteiger charge is 2.08. The van der Waals surface area contributed by atoms with E-state index in [9.17, 15) is 4.79 Å². The summed E-state index contributed by atoms with van der Waals surface area (Å²) in [5, 5.41) is 5.38. The van der Waals surface area contributed by atoms with Crippen molar-refractivity contribution in [2.75, 3.05) is 6.61 Å². The molecule has 1 N–H and O–H groups in total. The van der Waals surface area contributed by atoms with Gasteiger partial charge in [0.15, 0.2) is 6.61 Å². The summed E-state index contributed by atoms with van der Waals surface area (Å²) < 4.78 is 11.1. The number of halogens is 1. The maximum absolute atomic E-state index is 11.8. The van der Waals surface area contributed by atoms with Crippen molar-refractivity contribution in [2.24, 2.45) is 0 Å². The molecule has 0 atom stereocenters. The van der Waals surface area contributed by atoms with Gasteiger partial charge in [0.25, 0.3) is 5.91 Å². The summed E-state index contributed by atoms with van der Waals surface area (Å²) in [4.78, 5) is 12.9. The van der Waals surface area contributed by atoms with Gasteiger partial charge in [-0.1, -0.05) is 17.7 Å². The standard InChI is InChI=1S/C17H14ClNO3S/c18-12-3-5-13(6-4-12)21-11-17(20)19-10-14-7-8-15(22-14)16-2-1-9-23-16/h1-9H,10-11H2,(H,19,20). The minimum Gasteiger partial charge on any atom is -0.484 e. The fraction of sp³-hybridized carbons (Fsp3) is 0.118. The van der Waals surface area contributed by atoms with Gasteiger partial charge in [-0.15, -0.1) is 11.3 Å². The predicted molar refractivity (Wildman–Crippen MR) is 90.8 cm³/mol. The van der Waals surface area contributed by atoms with Crippen molar-refractivity contribution in [1.29, 1.82) is 0 Å². The van der Waals surface area contributed by atoms with Crippen LogP contribution in [0.15, 0.2) is 58.3 Å². The number of hydrogen-bond acceptors (Lipinski definition) is 4. The topological polar surface area (TPSA) is 51.5 Å². The molecule has 0 radical (unpaired) electrons. The van der Waals surface area contributed by atoms with Crippen molar-refractivity contribution in [2.45, 2.75) is 6.54 Å². The Kier molecular flexibility index (Phi) is 5.00. The number of rotatable bonds is 6. The van der Waals surface area contributed by atoms with E-state index >= 15 is 0 Å². The van der Waals surface area contributed by atoms with Crippen LogP contribution in [0.5, 0.6) is 5.75 Å². The zero-order valence-electron chi connectivity index (χ0n) is 12.1. The summed E-state index contributed by atoms with van der Waals surface area (Å²) in [5.74, 6) is 1.89. The molecule has 0 aliphatic rings. The van der Waals surface area contributed by atoms with E-state index in [2.05, 4.69) is 5.32 Å². The van der Waals surface area contributed by atoms with E-state index in [0.717, 1.165) is 10.6 Å². The number of thiophene rings is 1. The van der Waals surface area contributed by atoms with Crippen molar-refractivity contribution >= 4 is 28.8 Å². The van der Waals surface area contributed by atoms with Crippen molar-refractivity contribution < 1.29 is 13.9 Å². The van der Waals surface area contributed by atoms with Crippen molar-refractivity contribution in [3.63, 3.8) is 0 Å². The molecular weight excluding hydrogens is 334 g/mol. The van der Waals surface area contributed by atoms with Crippen LogP contribution < -0.4 is 10.1 Å². The maximum Gasteiger partial charge on any atom is 0.258 e.